The Morgan fingerprint density at radius 2 is 1.72 bits per heavy atom. The molecule has 0 aromatic heterocycles. The second-order valence-corrected chi connectivity index (χ2v) is 7.02. The number of fused-ring (bicyclic) bond motifs is 1. The van der Waals surface area contributed by atoms with E-state index in [2.05, 4.69) is 13.0 Å². The number of rotatable bonds is 5. The second-order valence-electron chi connectivity index (χ2n) is 7.02. The van der Waals surface area contributed by atoms with E-state index in [4.69, 9.17) is 14.2 Å². The summed E-state index contributed by atoms with van der Waals surface area (Å²) in [7, 11) is 4.75. The van der Waals surface area contributed by atoms with Crippen LogP contribution >= 0.6 is 0 Å². The molecule has 1 aromatic carbocycles. The van der Waals surface area contributed by atoms with Crippen LogP contribution in [0.4, 0.5) is 0 Å². The smallest absolute Gasteiger partial charge is 0.227 e. The Morgan fingerprint density at radius 3 is 2.32 bits per heavy atom. The Morgan fingerprint density at radius 1 is 1.08 bits per heavy atom. The van der Waals surface area contributed by atoms with Crippen LogP contribution in [-0.4, -0.2) is 45.2 Å². The molecule has 136 valence electrons. The minimum atomic E-state index is 0.168. The van der Waals surface area contributed by atoms with Gasteiger partial charge in [-0.2, -0.15) is 0 Å². The molecule has 1 aliphatic heterocycles. The highest BCUT2D eigenvalue weighted by molar-refractivity contribution is 5.79. The lowest BCUT2D eigenvalue weighted by Gasteiger charge is -2.21. The maximum atomic E-state index is 12.8. The predicted octanol–water partition coefficient (Wildman–Crippen LogP) is 3.07. The standard InChI is InChI=1S/C20H27NO4/c1-13-5-6-15-11-21(12-16(15)7-13)19(22)10-14-8-17(23-2)20(25-4)18(9-14)24-3/h5,8-9,15-16H,6-7,10-12H2,1-4H3/t15-,16+/m0/s1. The van der Waals surface area contributed by atoms with Crippen LogP contribution in [0.25, 0.3) is 0 Å². The number of carbonyl (C=O) groups is 1. The summed E-state index contributed by atoms with van der Waals surface area (Å²) in [6, 6.07) is 3.71. The molecule has 0 bridgehead atoms. The van der Waals surface area contributed by atoms with Gasteiger partial charge in [0.15, 0.2) is 11.5 Å². The molecule has 1 aliphatic carbocycles. The largest absolute Gasteiger partial charge is 0.493 e. The summed E-state index contributed by atoms with van der Waals surface area (Å²) in [6.45, 7) is 3.94. The molecule has 0 radical (unpaired) electrons. The lowest BCUT2D eigenvalue weighted by Crippen LogP contribution is -2.30. The van der Waals surface area contributed by atoms with Gasteiger partial charge in [-0.15, -0.1) is 0 Å². The third kappa shape index (κ3) is 3.60. The number of ether oxygens (including phenoxy) is 3. The fraction of sp³-hybridized carbons (Fsp3) is 0.550. The Labute approximate surface area is 149 Å². The highest BCUT2D eigenvalue weighted by Gasteiger charge is 2.36. The summed E-state index contributed by atoms with van der Waals surface area (Å²) in [5.41, 5.74) is 2.34. The van der Waals surface area contributed by atoms with Gasteiger partial charge < -0.3 is 19.1 Å². The van der Waals surface area contributed by atoms with E-state index in [1.54, 1.807) is 21.3 Å². The highest BCUT2D eigenvalue weighted by Crippen LogP contribution is 2.39. The number of amides is 1. The molecule has 3 rings (SSSR count). The summed E-state index contributed by atoms with van der Waals surface area (Å²) in [4.78, 5) is 14.8. The summed E-state index contributed by atoms with van der Waals surface area (Å²) in [5.74, 6) is 3.12. The maximum absolute atomic E-state index is 12.8. The predicted molar refractivity (Wildman–Crippen MR) is 96.4 cm³/mol. The molecule has 25 heavy (non-hydrogen) atoms. The van der Waals surface area contributed by atoms with Crippen LogP contribution in [0, 0.1) is 11.8 Å². The maximum Gasteiger partial charge on any atom is 0.227 e. The lowest BCUT2D eigenvalue weighted by molar-refractivity contribution is -0.129. The minimum absolute atomic E-state index is 0.168. The van der Waals surface area contributed by atoms with Crippen molar-refractivity contribution in [3.05, 3.63) is 29.3 Å². The quantitative estimate of drug-likeness (QED) is 0.770. The Kier molecular flexibility index (Phi) is 5.21. The highest BCUT2D eigenvalue weighted by atomic mass is 16.5. The van der Waals surface area contributed by atoms with Gasteiger partial charge in [0.1, 0.15) is 0 Å². The zero-order valence-electron chi connectivity index (χ0n) is 15.5. The van der Waals surface area contributed by atoms with Crippen molar-refractivity contribution in [1.82, 2.24) is 4.90 Å². The summed E-state index contributed by atoms with van der Waals surface area (Å²) < 4.78 is 16.1. The van der Waals surface area contributed by atoms with Gasteiger partial charge in [-0.25, -0.2) is 0 Å². The van der Waals surface area contributed by atoms with Gasteiger partial charge in [-0.3, -0.25) is 4.79 Å². The van der Waals surface area contributed by atoms with Gasteiger partial charge in [-0.1, -0.05) is 11.6 Å². The van der Waals surface area contributed by atoms with Gasteiger partial charge in [0.05, 0.1) is 27.8 Å². The van der Waals surface area contributed by atoms with Crippen LogP contribution in [0.3, 0.4) is 0 Å². The monoisotopic (exact) mass is 345 g/mol. The molecule has 1 amide bonds. The van der Waals surface area contributed by atoms with Crippen LogP contribution in [0.2, 0.25) is 0 Å². The molecule has 1 fully saturated rings. The van der Waals surface area contributed by atoms with Crippen molar-refractivity contribution in [2.45, 2.75) is 26.2 Å². The summed E-state index contributed by atoms with van der Waals surface area (Å²) in [5, 5.41) is 0. The average Bonchev–Trinajstić information content (AvgIpc) is 3.04. The van der Waals surface area contributed by atoms with E-state index in [1.807, 2.05) is 17.0 Å². The molecule has 0 N–H and O–H groups in total. The molecule has 5 heteroatoms. The topological polar surface area (TPSA) is 48.0 Å². The van der Waals surface area contributed by atoms with Gasteiger partial charge in [0.25, 0.3) is 0 Å². The number of hydrogen-bond acceptors (Lipinski definition) is 4. The van der Waals surface area contributed by atoms with Crippen molar-refractivity contribution < 1.29 is 19.0 Å². The number of likely N-dealkylation sites (tertiary alicyclic amines) is 1. The second kappa shape index (κ2) is 7.38. The number of methoxy groups -OCH3 is 3. The Balaban J connectivity index is 1.71. The molecule has 1 heterocycles. The fourth-order valence-electron chi connectivity index (χ4n) is 4.01. The number of allylic oxidation sites excluding steroid dienone is 2. The fourth-order valence-corrected chi connectivity index (χ4v) is 4.01. The first kappa shape index (κ1) is 17.6. The van der Waals surface area contributed by atoms with E-state index in [9.17, 15) is 4.79 Å². The van der Waals surface area contributed by atoms with Gasteiger partial charge in [0, 0.05) is 13.1 Å². The van der Waals surface area contributed by atoms with E-state index in [0.717, 1.165) is 31.5 Å². The van der Waals surface area contributed by atoms with E-state index in [0.29, 0.717) is 35.5 Å². The molecular weight excluding hydrogens is 318 g/mol. The number of carbonyl (C=O) groups excluding carboxylic acids is 1. The van der Waals surface area contributed by atoms with Crippen molar-refractivity contribution >= 4 is 5.91 Å². The van der Waals surface area contributed by atoms with Crippen molar-refractivity contribution in [3.8, 4) is 17.2 Å². The molecule has 0 spiro atoms. The average molecular weight is 345 g/mol. The van der Waals surface area contributed by atoms with Crippen LogP contribution in [0.15, 0.2) is 23.8 Å². The van der Waals surface area contributed by atoms with Gasteiger partial charge in [-0.05, 0) is 49.3 Å². The zero-order chi connectivity index (χ0) is 18.0. The molecule has 0 unspecified atom stereocenters. The number of hydrogen-bond donors (Lipinski definition) is 0. The van der Waals surface area contributed by atoms with Gasteiger partial charge in [0.2, 0.25) is 11.7 Å². The Bertz CT molecular complexity index is 657. The minimum Gasteiger partial charge on any atom is -0.493 e. The normalized spacial score (nSPS) is 22.2. The zero-order valence-corrected chi connectivity index (χ0v) is 15.5. The summed E-state index contributed by atoms with van der Waals surface area (Å²) in [6.07, 6.45) is 4.90. The van der Waals surface area contributed by atoms with Gasteiger partial charge >= 0.3 is 0 Å². The Hall–Kier alpha value is -2.17. The first-order chi connectivity index (χ1) is 12.0. The molecule has 1 saturated heterocycles. The van der Waals surface area contributed by atoms with Crippen LogP contribution in [-0.2, 0) is 11.2 Å². The molecular formula is C20H27NO4. The molecule has 2 aliphatic rings. The molecule has 5 nitrogen and oxygen atoms in total. The third-order valence-electron chi connectivity index (χ3n) is 5.36. The molecule has 2 atom stereocenters. The SMILES string of the molecule is COc1cc(CC(=O)N2C[C@H]3CC(C)=CC[C@H]3C2)cc(OC)c1OC. The number of benzene rings is 1. The first-order valence-electron chi connectivity index (χ1n) is 8.78. The molecule has 0 saturated carbocycles. The summed E-state index contributed by atoms with van der Waals surface area (Å²) >= 11 is 0. The van der Waals surface area contributed by atoms with Crippen molar-refractivity contribution in [1.29, 1.82) is 0 Å². The van der Waals surface area contributed by atoms with Crippen molar-refractivity contribution in [2.24, 2.45) is 11.8 Å². The van der Waals surface area contributed by atoms with E-state index >= 15 is 0 Å². The van der Waals surface area contributed by atoms with Crippen LogP contribution in [0.5, 0.6) is 17.2 Å². The first-order valence-corrected chi connectivity index (χ1v) is 8.78. The molecule has 1 aromatic rings. The number of nitrogens with zero attached hydrogens (tertiary/aromatic N) is 1. The van der Waals surface area contributed by atoms with Crippen LogP contribution < -0.4 is 14.2 Å². The van der Waals surface area contributed by atoms with E-state index in [1.165, 1.54) is 5.57 Å². The van der Waals surface area contributed by atoms with Crippen LogP contribution in [0.1, 0.15) is 25.3 Å². The lowest BCUT2D eigenvalue weighted by atomic mass is 9.83. The van der Waals surface area contributed by atoms with Crippen molar-refractivity contribution in [3.63, 3.8) is 0 Å². The third-order valence-corrected chi connectivity index (χ3v) is 5.36. The van der Waals surface area contributed by atoms with E-state index < -0.39 is 0 Å². The van der Waals surface area contributed by atoms with Crippen molar-refractivity contribution in [2.75, 3.05) is 34.4 Å². The van der Waals surface area contributed by atoms with E-state index in [-0.39, 0.29) is 5.91 Å².